The van der Waals surface area contributed by atoms with Gasteiger partial charge in [0.25, 0.3) is 0 Å². The van der Waals surface area contributed by atoms with E-state index in [9.17, 15) is 0 Å². The van der Waals surface area contributed by atoms with Gasteiger partial charge in [-0.05, 0) is 26.1 Å². The summed E-state index contributed by atoms with van der Waals surface area (Å²) in [6.07, 6.45) is 1.84. The molecule has 0 spiro atoms. The molecule has 0 aromatic carbocycles. The third-order valence-corrected chi connectivity index (χ3v) is 2.83. The average molecular weight is 224 g/mol. The molecule has 1 heterocycles. The smallest absolute Gasteiger partial charge is 0.0518 e. The van der Waals surface area contributed by atoms with Crippen molar-refractivity contribution in [3.8, 4) is 0 Å². The Labute approximate surface area is 98.6 Å². The lowest BCUT2D eigenvalue weighted by Gasteiger charge is -2.25. The molecule has 1 aromatic heterocycles. The lowest BCUT2D eigenvalue weighted by atomic mass is 10.0. The van der Waals surface area contributed by atoms with Crippen LogP contribution in [0.5, 0.6) is 0 Å². The zero-order valence-corrected chi connectivity index (χ0v) is 11.1. The van der Waals surface area contributed by atoms with E-state index in [1.54, 1.807) is 0 Å². The molecule has 0 aliphatic carbocycles. The Bertz CT molecular complexity index is 304. The largest absolute Gasteiger partial charge is 0.308 e. The first-order valence-electron chi connectivity index (χ1n) is 5.85. The third-order valence-electron chi connectivity index (χ3n) is 2.83. The van der Waals surface area contributed by atoms with Crippen LogP contribution in [-0.4, -0.2) is 41.4 Å². The van der Waals surface area contributed by atoms with Gasteiger partial charge in [-0.3, -0.25) is 4.68 Å². The van der Waals surface area contributed by atoms with Crippen molar-refractivity contribution in [1.29, 1.82) is 0 Å². The van der Waals surface area contributed by atoms with Gasteiger partial charge in [0.1, 0.15) is 0 Å². The predicted molar refractivity (Wildman–Crippen MR) is 67.2 cm³/mol. The van der Waals surface area contributed by atoms with Crippen molar-refractivity contribution in [3.63, 3.8) is 0 Å². The number of aryl methyl sites for hydroxylation is 1. The highest BCUT2D eigenvalue weighted by atomic mass is 15.3. The minimum absolute atomic E-state index is 0.518. The summed E-state index contributed by atoms with van der Waals surface area (Å²) in [5.74, 6) is 0.635. The monoisotopic (exact) mass is 224 g/mol. The van der Waals surface area contributed by atoms with Gasteiger partial charge in [0.05, 0.1) is 5.69 Å². The highest BCUT2D eigenvalue weighted by Crippen LogP contribution is 2.04. The Morgan fingerprint density at radius 2 is 2.12 bits per heavy atom. The number of hydrogen-bond acceptors (Lipinski definition) is 3. The van der Waals surface area contributed by atoms with Gasteiger partial charge >= 0.3 is 0 Å². The molecule has 0 saturated heterocycles. The summed E-state index contributed by atoms with van der Waals surface area (Å²) < 4.78 is 1.92. The summed E-state index contributed by atoms with van der Waals surface area (Å²) in [7, 11) is 6.20. The summed E-state index contributed by atoms with van der Waals surface area (Å²) in [6.45, 7) is 6.46. The first kappa shape index (κ1) is 13.2. The van der Waals surface area contributed by atoms with Gasteiger partial charge in [0.15, 0.2) is 0 Å². The number of hydrogen-bond donors (Lipinski definition) is 1. The molecule has 0 bridgehead atoms. The first-order chi connectivity index (χ1) is 7.50. The van der Waals surface area contributed by atoms with E-state index in [4.69, 9.17) is 0 Å². The molecule has 1 N–H and O–H groups in total. The number of likely N-dealkylation sites (N-methyl/N-ethyl adjacent to an activating group) is 1. The average Bonchev–Trinajstić information content (AvgIpc) is 2.57. The molecule has 1 rings (SSSR count). The lowest BCUT2D eigenvalue weighted by molar-refractivity contribution is 0.286. The van der Waals surface area contributed by atoms with E-state index < -0.39 is 0 Å². The van der Waals surface area contributed by atoms with E-state index >= 15 is 0 Å². The Balaban J connectivity index is 2.47. The zero-order valence-electron chi connectivity index (χ0n) is 11.1. The summed E-state index contributed by atoms with van der Waals surface area (Å²) >= 11 is 0. The molecule has 1 aromatic rings. The van der Waals surface area contributed by atoms with Crippen LogP contribution in [0.1, 0.15) is 19.5 Å². The molecule has 4 nitrogen and oxygen atoms in total. The molecule has 16 heavy (non-hydrogen) atoms. The van der Waals surface area contributed by atoms with Gasteiger partial charge in [-0.25, -0.2) is 0 Å². The maximum Gasteiger partial charge on any atom is 0.0518 e. The van der Waals surface area contributed by atoms with Crippen LogP contribution >= 0.6 is 0 Å². The third kappa shape index (κ3) is 3.94. The first-order valence-corrected chi connectivity index (χ1v) is 5.85. The Hall–Kier alpha value is -0.870. The second-order valence-corrected chi connectivity index (χ2v) is 4.94. The zero-order chi connectivity index (χ0) is 12.1. The van der Waals surface area contributed by atoms with Crippen molar-refractivity contribution in [3.05, 3.63) is 18.0 Å². The SMILES string of the molecule is CC(C)C(CN(C)C)NCc1ccnn1C. The Morgan fingerprint density at radius 3 is 2.56 bits per heavy atom. The van der Waals surface area contributed by atoms with Gasteiger partial charge in [-0.1, -0.05) is 13.8 Å². The fourth-order valence-corrected chi connectivity index (χ4v) is 1.71. The second-order valence-electron chi connectivity index (χ2n) is 4.94. The number of aromatic nitrogens is 2. The quantitative estimate of drug-likeness (QED) is 0.785. The van der Waals surface area contributed by atoms with Gasteiger partial charge in [-0.2, -0.15) is 5.10 Å². The Kier molecular flexibility index (Phi) is 4.96. The summed E-state index contributed by atoms with van der Waals surface area (Å²) in [5, 5.41) is 7.76. The maximum absolute atomic E-state index is 4.17. The van der Waals surface area contributed by atoms with Crippen LogP contribution in [0.25, 0.3) is 0 Å². The summed E-state index contributed by atoms with van der Waals surface area (Å²) in [5.41, 5.74) is 1.23. The summed E-state index contributed by atoms with van der Waals surface area (Å²) in [4.78, 5) is 2.22. The molecule has 1 atom stereocenters. The normalized spacial score (nSPS) is 13.7. The number of nitrogens with one attached hydrogen (secondary N) is 1. The minimum atomic E-state index is 0.518. The van der Waals surface area contributed by atoms with Crippen LogP contribution in [0, 0.1) is 5.92 Å². The van der Waals surface area contributed by atoms with Crippen LogP contribution < -0.4 is 5.32 Å². The second kappa shape index (κ2) is 6.01. The van der Waals surface area contributed by atoms with Crippen LogP contribution in [0.4, 0.5) is 0 Å². The molecular formula is C12H24N4. The van der Waals surface area contributed by atoms with Crippen molar-refractivity contribution < 1.29 is 0 Å². The highest BCUT2D eigenvalue weighted by molar-refractivity contribution is 4.99. The van der Waals surface area contributed by atoms with Crippen LogP contribution in [-0.2, 0) is 13.6 Å². The predicted octanol–water partition coefficient (Wildman–Crippen LogP) is 1.10. The minimum Gasteiger partial charge on any atom is -0.308 e. The number of rotatable bonds is 6. The Morgan fingerprint density at radius 1 is 1.44 bits per heavy atom. The van der Waals surface area contributed by atoms with E-state index in [-0.39, 0.29) is 0 Å². The fraction of sp³-hybridized carbons (Fsp3) is 0.750. The molecular weight excluding hydrogens is 200 g/mol. The van der Waals surface area contributed by atoms with Crippen molar-refractivity contribution >= 4 is 0 Å². The molecule has 0 aliphatic rings. The molecule has 4 heteroatoms. The van der Waals surface area contributed by atoms with Crippen molar-refractivity contribution in [1.82, 2.24) is 20.0 Å². The van der Waals surface area contributed by atoms with Crippen molar-refractivity contribution in [2.45, 2.75) is 26.4 Å². The summed E-state index contributed by atoms with van der Waals surface area (Å²) in [6, 6.07) is 2.57. The van der Waals surface area contributed by atoms with Gasteiger partial charge in [-0.15, -0.1) is 0 Å². The van der Waals surface area contributed by atoms with Crippen LogP contribution in [0.3, 0.4) is 0 Å². The highest BCUT2D eigenvalue weighted by Gasteiger charge is 2.14. The lowest BCUT2D eigenvalue weighted by Crippen LogP contribution is -2.41. The van der Waals surface area contributed by atoms with E-state index in [1.807, 2.05) is 17.9 Å². The molecule has 0 amide bonds. The molecule has 92 valence electrons. The van der Waals surface area contributed by atoms with Crippen molar-refractivity contribution in [2.24, 2.45) is 13.0 Å². The van der Waals surface area contributed by atoms with E-state index in [1.165, 1.54) is 5.69 Å². The topological polar surface area (TPSA) is 33.1 Å². The maximum atomic E-state index is 4.17. The molecule has 0 aliphatic heterocycles. The molecule has 0 saturated carbocycles. The molecule has 0 fully saturated rings. The van der Waals surface area contributed by atoms with Gasteiger partial charge < -0.3 is 10.2 Å². The van der Waals surface area contributed by atoms with E-state index in [2.05, 4.69) is 49.3 Å². The van der Waals surface area contributed by atoms with Crippen molar-refractivity contribution in [2.75, 3.05) is 20.6 Å². The van der Waals surface area contributed by atoms with Crippen LogP contribution in [0.15, 0.2) is 12.3 Å². The van der Waals surface area contributed by atoms with Crippen LogP contribution in [0.2, 0.25) is 0 Å². The molecule has 0 radical (unpaired) electrons. The van der Waals surface area contributed by atoms with Gasteiger partial charge in [0.2, 0.25) is 0 Å². The van der Waals surface area contributed by atoms with Gasteiger partial charge in [0, 0.05) is 32.4 Å². The van der Waals surface area contributed by atoms with E-state index in [0.29, 0.717) is 12.0 Å². The molecule has 1 unspecified atom stereocenters. The fourth-order valence-electron chi connectivity index (χ4n) is 1.71. The standard InChI is InChI=1S/C12H24N4/c1-10(2)12(9-15(3)4)13-8-11-6-7-14-16(11)5/h6-7,10,12-13H,8-9H2,1-5H3. The van der Waals surface area contributed by atoms with E-state index in [0.717, 1.165) is 13.1 Å². The number of nitrogens with zero attached hydrogens (tertiary/aromatic N) is 3.